The van der Waals surface area contributed by atoms with E-state index in [0.29, 0.717) is 13.1 Å². The van der Waals surface area contributed by atoms with Crippen molar-refractivity contribution in [3.05, 3.63) is 40.3 Å². The molecule has 1 aliphatic heterocycles. The van der Waals surface area contributed by atoms with Gasteiger partial charge in [0.25, 0.3) is 5.56 Å². The van der Waals surface area contributed by atoms with Crippen LogP contribution in [-0.2, 0) is 16.1 Å². The zero-order valence-electron chi connectivity index (χ0n) is 14.0. The largest absolute Gasteiger partial charge is 0.543 e. The van der Waals surface area contributed by atoms with Crippen LogP contribution in [0, 0.1) is 0 Å². The van der Waals surface area contributed by atoms with Gasteiger partial charge in [0.05, 0.1) is 23.6 Å². The minimum atomic E-state index is -1.49. The molecule has 2 aromatic rings. The number of carboxylic acid groups (broad SMARTS) is 1. The molecule has 132 valence electrons. The molecule has 0 unspecified atom stereocenters. The van der Waals surface area contributed by atoms with E-state index in [1.807, 2.05) is 13.8 Å². The summed E-state index contributed by atoms with van der Waals surface area (Å²) in [7, 11) is 0. The van der Waals surface area contributed by atoms with E-state index < -0.39 is 11.5 Å². The molecule has 8 nitrogen and oxygen atoms in total. The van der Waals surface area contributed by atoms with Crippen LogP contribution in [0.3, 0.4) is 0 Å². The van der Waals surface area contributed by atoms with Crippen LogP contribution >= 0.6 is 0 Å². The highest BCUT2D eigenvalue weighted by Crippen LogP contribution is 2.14. The molecular formula is C17H18N3O5-. The van der Waals surface area contributed by atoms with Crippen molar-refractivity contribution in [3.8, 4) is 0 Å². The number of fused-ring (bicyclic) bond motifs is 1. The van der Waals surface area contributed by atoms with Gasteiger partial charge in [0.15, 0.2) is 0 Å². The first-order valence-electron chi connectivity index (χ1n) is 8.01. The summed E-state index contributed by atoms with van der Waals surface area (Å²) >= 11 is 0. The number of rotatable bonds is 3. The van der Waals surface area contributed by atoms with Crippen molar-refractivity contribution in [1.29, 1.82) is 0 Å². The predicted octanol–water partition coefficient (Wildman–Crippen LogP) is -0.604. The maximum Gasteiger partial charge on any atom is 0.275 e. The first kappa shape index (κ1) is 17.1. The number of carboxylic acids is 1. The van der Waals surface area contributed by atoms with Gasteiger partial charge < -0.3 is 19.5 Å². The lowest BCUT2D eigenvalue weighted by Crippen LogP contribution is -2.50. The zero-order valence-corrected chi connectivity index (χ0v) is 14.0. The first-order valence-corrected chi connectivity index (χ1v) is 8.01. The van der Waals surface area contributed by atoms with Crippen molar-refractivity contribution in [1.82, 2.24) is 14.7 Å². The molecule has 2 atom stereocenters. The molecule has 1 aromatic carbocycles. The molecule has 0 spiro atoms. The summed E-state index contributed by atoms with van der Waals surface area (Å²) in [6.07, 6.45) is -0.208. The molecule has 2 heterocycles. The molecule has 1 fully saturated rings. The lowest BCUT2D eigenvalue weighted by molar-refractivity contribution is -0.255. The summed E-state index contributed by atoms with van der Waals surface area (Å²) in [5.74, 6) is -1.80. The number of nitrogens with zero attached hydrogens (tertiary/aromatic N) is 3. The number of amides is 1. The highest BCUT2D eigenvalue weighted by atomic mass is 16.5. The van der Waals surface area contributed by atoms with Gasteiger partial charge in [-0.1, -0.05) is 18.2 Å². The third-order valence-corrected chi connectivity index (χ3v) is 4.12. The van der Waals surface area contributed by atoms with Gasteiger partial charge >= 0.3 is 0 Å². The Morgan fingerprint density at radius 1 is 1.20 bits per heavy atom. The number of carbonyl (C=O) groups is 2. The Morgan fingerprint density at radius 3 is 2.40 bits per heavy atom. The summed E-state index contributed by atoms with van der Waals surface area (Å²) in [6, 6.07) is 6.24. The molecule has 1 saturated heterocycles. The summed E-state index contributed by atoms with van der Waals surface area (Å²) in [4.78, 5) is 38.0. The van der Waals surface area contributed by atoms with Gasteiger partial charge in [-0.2, -0.15) is 5.10 Å². The smallest absolute Gasteiger partial charge is 0.275 e. The maximum absolute atomic E-state index is 12.5. The van der Waals surface area contributed by atoms with E-state index in [1.165, 1.54) is 12.1 Å². The number of morpholine rings is 1. The van der Waals surface area contributed by atoms with E-state index in [4.69, 9.17) is 4.74 Å². The monoisotopic (exact) mass is 344 g/mol. The summed E-state index contributed by atoms with van der Waals surface area (Å²) in [6.45, 7) is 4.23. The van der Waals surface area contributed by atoms with Crippen LogP contribution in [0.2, 0.25) is 0 Å². The molecule has 0 bridgehead atoms. The van der Waals surface area contributed by atoms with Crippen LogP contribution in [0.5, 0.6) is 0 Å². The molecule has 0 radical (unpaired) electrons. The second-order valence-corrected chi connectivity index (χ2v) is 6.20. The lowest BCUT2D eigenvalue weighted by Gasteiger charge is -2.35. The first-order chi connectivity index (χ1) is 11.9. The molecule has 8 heteroatoms. The Labute approximate surface area is 143 Å². The molecular weight excluding hydrogens is 326 g/mol. The SMILES string of the molecule is C[C@H]1CN(C(=O)Cn2nc(C(=O)[O-])c3ccccc3c2=O)C[C@H](C)O1. The average molecular weight is 344 g/mol. The standard InChI is InChI=1S/C17H19N3O5/c1-10-7-19(8-11(2)25-10)14(21)9-20-16(22)13-6-4-3-5-12(13)15(18-20)17(23)24/h3-6,10-11H,7-9H2,1-2H3,(H,23,24)/p-1/t10-,11-/m0/s1. The van der Waals surface area contributed by atoms with Crippen LogP contribution in [0.15, 0.2) is 29.1 Å². The van der Waals surface area contributed by atoms with Crippen LogP contribution < -0.4 is 10.7 Å². The minimum Gasteiger partial charge on any atom is -0.543 e. The molecule has 0 aliphatic carbocycles. The quantitative estimate of drug-likeness (QED) is 0.736. The third kappa shape index (κ3) is 3.39. The van der Waals surface area contributed by atoms with Gasteiger partial charge in [-0.15, -0.1) is 0 Å². The molecule has 0 saturated carbocycles. The van der Waals surface area contributed by atoms with Crippen molar-refractivity contribution in [2.24, 2.45) is 0 Å². The van der Waals surface area contributed by atoms with Crippen molar-refractivity contribution in [2.75, 3.05) is 13.1 Å². The van der Waals surface area contributed by atoms with Crippen molar-refractivity contribution >= 4 is 22.6 Å². The number of benzene rings is 1. The second-order valence-electron chi connectivity index (χ2n) is 6.20. The van der Waals surface area contributed by atoms with E-state index in [0.717, 1.165) is 4.68 Å². The van der Waals surface area contributed by atoms with E-state index in [2.05, 4.69) is 5.10 Å². The highest BCUT2D eigenvalue weighted by molar-refractivity contribution is 6.00. The number of hydrogen-bond acceptors (Lipinski definition) is 6. The van der Waals surface area contributed by atoms with Gasteiger partial charge in [0.1, 0.15) is 12.2 Å². The van der Waals surface area contributed by atoms with Gasteiger partial charge in [-0.3, -0.25) is 9.59 Å². The maximum atomic E-state index is 12.5. The van der Waals surface area contributed by atoms with Crippen LogP contribution in [0.25, 0.3) is 10.8 Å². The lowest BCUT2D eigenvalue weighted by atomic mass is 10.1. The molecule has 1 aromatic heterocycles. The number of hydrogen-bond donors (Lipinski definition) is 0. The predicted molar refractivity (Wildman–Crippen MR) is 86.9 cm³/mol. The molecule has 25 heavy (non-hydrogen) atoms. The van der Waals surface area contributed by atoms with E-state index >= 15 is 0 Å². The Balaban J connectivity index is 1.96. The van der Waals surface area contributed by atoms with Crippen LogP contribution in [0.1, 0.15) is 24.3 Å². The van der Waals surface area contributed by atoms with Crippen LogP contribution in [0.4, 0.5) is 0 Å². The minimum absolute atomic E-state index is 0.104. The van der Waals surface area contributed by atoms with E-state index in [9.17, 15) is 19.5 Å². The zero-order chi connectivity index (χ0) is 18.1. The number of carbonyl (C=O) groups excluding carboxylic acids is 2. The van der Waals surface area contributed by atoms with Gasteiger partial charge in [-0.25, -0.2) is 4.68 Å². The number of ether oxygens (including phenoxy) is 1. The molecule has 3 rings (SSSR count). The molecule has 0 N–H and O–H groups in total. The Bertz CT molecular complexity index is 881. The van der Waals surface area contributed by atoms with Crippen molar-refractivity contribution < 1.29 is 19.4 Å². The van der Waals surface area contributed by atoms with Crippen molar-refractivity contribution in [3.63, 3.8) is 0 Å². The van der Waals surface area contributed by atoms with Gasteiger partial charge in [0.2, 0.25) is 5.91 Å². The summed E-state index contributed by atoms with van der Waals surface area (Å²) < 4.78 is 6.47. The Kier molecular flexibility index (Phi) is 4.54. The number of aromatic nitrogens is 2. The second kappa shape index (κ2) is 6.64. The normalized spacial score (nSPS) is 20.6. The molecule has 1 amide bonds. The van der Waals surface area contributed by atoms with Gasteiger partial charge in [0, 0.05) is 18.5 Å². The van der Waals surface area contributed by atoms with E-state index in [1.54, 1.807) is 17.0 Å². The number of aromatic carboxylic acids is 1. The van der Waals surface area contributed by atoms with E-state index in [-0.39, 0.29) is 41.1 Å². The topological polar surface area (TPSA) is 105 Å². The fourth-order valence-corrected chi connectivity index (χ4v) is 3.10. The van der Waals surface area contributed by atoms with Crippen LogP contribution in [-0.4, -0.2) is 51.9 Å². The fourth-order valence-electron chi connectivity index (χ4n) is 3.10. The van der Waals surface area contributed by atoms with Crippen molar-refractivity contribution in [2.45, 2.75) is 32.6 Å². The van der Waals surface area contributed by atoms with Gasteiger partial charge in [-0.05, 0) is 19.9 Å². The Hall–Kier alpha value is -2.74. The summed E-state index contributed by atoms with van der Waals surface area (Å²) in [5, 5.41) is 15.6. The Morgan fingerprint density at radius 2 is 1.80 bits per heavy atom. The third-order valence-electron chi connectivity index (χ3n) is 4.12. The summed E-state index contributed by atoms with van der Waals surface area (Å²) in [5.41, 5.74) is -0.866. The fraction of sp³-hybridized carbons (Fsp3) is 0.412. The molecule has 1 aliphatic rings. The highest BCUT2D eigenvalue weighted by Gasteiger charge is 2.26. The average Bonchev–Trinajstić information content (AvgIpc) is 2.56.